The van der Waals surface area contributed by atoms with E-state index < -0.39 is 5.76 Å². The van der Waals surface area contributed by atoms with Gasteiger partial charge in [-0.2, -0.15) is 4.68 Å². The van der Waals surface area contributed by atoms with Gasteiger partial charge >= 0.3 is 5.76 Å². The van der Waals surface area contributed by atoms with Crippen LogP contribution in [-0.4, -0.2) is 20.7 Å². The molecular weight excluding hydrogens is 403 g/mol. The maximum absolute atomic E-state index is 13.0. The Hall–Kier alpha value is -3.11. The minimum atomic E-state index is -0.607. The van der Waals surface area contributed by atoms with Crippen LogP contribution >= 0.6 is 22.7 Å². The van der Waals surface area contributed by atoms with Crippen LogP contribution in [0.1, 0.15) is 6.42 Å². The minimum absolute atomic E-state index is 0.0434. The van der Waals surface area contributed by atoms with E-state index in [1.54, 1.807) is 23.6 Å². The number of carbonyl (C=O) groups excluding carboxylic acids is 1. The summed E-state index contributed by atoms with van der Waals surface area (Å²) in [5.74, 6) is -0.987. The van der Waals surface area contributed by atoms with E-state index in [-0.39, 0.29) is 30.6 Å². The third-order valence-corrected chi connectivity index (χ3v) is 5.39. The first-order valence-corrected chi connectivity index (χ1v) is 9.97. The number of rotatable bonds is 6. The highest BCUT2D eigenvalue weighted by Crippen LogP contribution is 2.25. The molecule has 0 unspecified atom stereocenters. The van der Waals surface area contributed by atoms with Crippen LogP contribution in [0, 0.1) is 5.82 Å². The van der Waals surface area contributed by atoms with Crippen molar-refractivity contribution in [2.45, 2.75) is 13.0 Å². The number of hydrogen-bond donors (Lipinski definition) is 1. The normalized spacial score (nSPS) is 10.9. The second-order valence-corrected chi connectivity index (χ2v) is 7.52. The predicted molar refractivity (Wildman–Crippen MR) is 105 cm³/mol. The summed E-state index contributed by atoms with van der Waals surface area (Å²) >= 11 is 2.68. The number of aromatic nitrogens is 3. The minimum Gasteiger partial charge on any atom is -0.387 e. The lowest BCUT2D eigenvalue weighted by Crippen LogP contribution is -2.20. The summed E-state index contributed by atoms with van der Waals surface area (Å²) < 4.78 is 19.2. The third-order valence-electron chi connectivity index (χ3n) is 3.78. The van der Waals surface area contributed by atoms with Crippen molar-refractivity contribution >= 4 is 33.7 Å². The fourth-order valence-electron chi connectivity index (χ4n) is 2.42. The van der Waals surface area contributed by atoms with Crippen molar-refractivity contribution in [1.29, 1.82) is 0 Å². The zero-order chi connectivity index (χ0) is 19.5. The average molecular weight is 416 g/mol. The van der Waals surface area contributed by atoms with Crippen molar-refractivity contribution in [3.05, 3.63) is 63.5 Å². The zero-order valence-corrected chi connectivity index (χ0v) is 15.9. The monoisotopic (exact) mass is 416 g/mol. The largest absolute Gasteiger partial charge is 0.437 e. The Morgan fingerprint density at radius 2 is 2.04 bits per heavy atom. The first-order valence-electron chi connectivity index (χ1n) is 8.21. The molecule has 0 saturated carbocycles. The van der Waals surface area contributed by atoms with Gasteiger partial charge in [0.2, 0.25) is 5.91 Å². The van der Waals surface area contributed by atoms with Crippen LogP contribution in [0.5, 0.6) is 0 Å². The van der Waals surface area contributed by atoms with Crippen LogP contribution in [0.4, 0.5) is 9.52 Å². The summed E-state index contributed by atoms with van der Waals surface area (Å²) in [7, 11) is 0. The molecule has 1 aromatic carbocycles. The van der Waals surface area contributed by atoms with Crippen molar-refractivity contribution in [2.24, 2.45) is 0 Å². The van der Waals surface area contributed by atoms with Crippen LogP contribution in [-0.2, 0) is 11.3 Å². The molecular formula is C18H13FN4O3S2. The van der Waals surface area contributed by atoms with E-state index in [9.17, 15) is 14.0 Å². The standard InChI is InChI=1S/C18H13FN4O3S2/c19-12-5-3-11(4-6-12)13-10-28-17(20-13)21-15(24)7-8-23-18(25)26-16(22-23)14-2-1-9-27-14/h1-6,9-10H,7-8H2,(H,20,21,24). The fraction of sp³-hybridized carbons (Fsp3) is 0.111. The van der Waals surface area contributed by atoms with Gasteiger partial charge in [-0.25, -0.2) is 14.2 Å². The summed E-state index contributed by atoms with van der Waals surface area (Å²) in [5, 5.41) is 10.9. The fourth-order valence-corrected chi connectivity index (χ4v) is 3.80. The SMILES string of the molecule is O=C(CCn1nc(-c2cccs2)oc1=O)Nc1nc(-c2ccc(F)cc2)cs1. The van der Waals surface area contributed by atoms with E-state index in [1.807, 2.05) is 11.4 Å². The van der Waals surface area contributed by atoms with Gasteiger partial charge in [-0.3, -0.25) is 4.79 Å². The van der Waals surface area contributed by atoms with Crippen molar-refractivity contribution in [1.82, 2.24) is 14.8 Å². The van der Waals surface area contributed by atoms with Crippen LogP contribution in [0.3, 0.4) is 0 Å². The molecule has 3 aromatic heterocycles. The van der Waals surface area contributed by atoms with Crippen molar-refractivity contribution < 1.29 is 13.6 Å². The predicted octanol–water partition coefficient (Wildman–Crippen LogP) is 3.86. The molecule has 0 aliphatic heterocycles. The molecule has 0 aliphatic carbocycles. The summed E-state index contributed by atoms with van der Waals surface area (Å²) in [5.41, 5.74) is 1.40. The lowest BCUT2D eigenvalue weighted by Gasteiger charge is -2.01. The molecule has 1 N–H and O–H groups in total. The molecule has 7 nitrogen and oxygen atoms in total. The Morgan fingerprint density at radius 3 is 2.79 bits per heavy atom. The molecule has 0 atom stereocenters. The number of anilines is 1. The lowest BCUT2D eigenvalue weighted by atomic mass is 10.2. The van der Waals surface area contributed by atoms with Crippen LogP contribution in [0.25, 0.3) is 22.0 Å². The number of thiophene rings is 1. The molecule has 3 heterocycles. The Morgan fingerprint density at radius 1 is 1.21 bits per heavy atom. The second-order valence-electron chi connectivity index (χ2n) is 5.72. The van der Waals surface area contributed by atoms with Gasteiger partial charge in [-0.05, 0) is 35.7 Å². The molecule has 10 heteroatoms. The van der Waals surface area contributed by atoms with E-state index in [0.29, 0.717) is 10.8 Å². The number of carbonyl (C=O) groups is 1. The highest BCUT2D eigenvalue weighted by atomic mass is 32.1. The number of benzene rings is 1. The van der Waals surface area contributed by atoms with Gasteiger partial charge in [0.1, 0.15) is 5.82 Å². The van der Waals surface area contributed by atoms with Crippen LogP contribution < -0.4 is 11.1 Å². The summed E-state index contributed by atoms with van der Waals surface area (Å²) in [4.78, 5) is 29.1. The topological polar surface area (TPSA) is 90.0 Å². The maximum Gasteiger partial charge on any atom is 0.437 e. The highest BCUT2D eigenvalue weighted by molar-refractivity contribution is 7.14. The number of halogens is 1. The number of nitrogens with zero attached hydrogens (tertiary/aromatic N) is 3. The van der Waals surface area contributed by atoms with Crippen molar-refractivity contribution in [3.63, 3.8) is 0 Å². The number of nitrogens with one attached hydrogen (secondary N) is 1. The molecule has 142 valence electrons. The first-order chi connectivity index (χ1) is 13.6. The molecule has 4 rings (SSSR count). The van der Waals surface area contributed by atoms with Gasteiger partial charge < -0.3 is 9.73 Å². The molecule has 0 spiro atoms. The Bertz CT molecular complexity index is 1150. The Kier molecular flexibility index (Phi) is 5.13. The van der Waals surface area contributed by atoms with Gasteiger partial charge in [0.25, 0.3) is 5.89 Å². The molecule has 0 saturated heterocycles. The van der Waals surface area contributed by atoms with Gasteiger partial charge in [-0.15, -0.1) is 27.8 Å². The van der Waals surface area contributed by atoms with Gasteiger partial charge in [0, 0.05) is 17.4 Å². The third kappa shape index (κ3) is 4.07. The van der Waals surface area contributed by atoms with Gasteiger partial charge in [-0.1, -0.05) is 6.07 Å². The smallest absolute Gasteiger partial charge is 0.387 e. The van der Waals surface area contributed by atoms with E-state index in [1.165, 1.54) is 34.8 Å². The number of hydrogen-bond acceptors (Lipinski definition) is 7. The van der Waals surface area contributed by atoms with E-state index in [4.69, 9.17) is 4.42 Å². The van der Waals surface area contributed by atoms with E-state index in [2.05, 4.69) is 15.4 Å². The quantitative estimate of drug-likeness (QED) is 0.516. The van der Waals surface area contributed by atoms with E-state index in [0.717, 1.165) is 15.1 Å². The molecule has 0 aliphatic rings. The van der Waals surface area contributed by atoms with Crippen molar-refractivity contribution in [2.75, 3.05) is 5.32 Å². The number of aryl methyl sites for hydroxylation is 1. The molecule has 1 amide bonds. The highest BCUT2D eigenvalue weighted by Gasteiger charge is 2.13. The number of amides is 1. The van der Waals surface area contributed by atoms with Crippen LogP contribution in [0.15, 0.2) is 56.4 Å². The summed E-state index contributed by atoms with van der Waals surface area (Å²) in [6.45, 7) is 0.0930. The second kappa shape index (κ2) is 7.87. The number of thiazole rings is 1. The van der Waals surface area contributed by atoms with Crippen LogP contribution in [0.2, 0.25) is 0 Å². The van der Waals surface area contributed by atoms with Gasteiger partial charge in [0.15, 0.2) is 5.13 Å². The Balaban J connectivity index is 1.36. The molecule has 28 heavy (non-hydrogen) atoms. The Labute approximate surface area is 166 Å². The average Bonchev–Trinajstić information content (AvgIpc) is 3.42. The zero-order valence-electron chi connectivity index (χ0n) is 14.3. The summed E-state index contributed by atoms with van der Waals surface area (Å²) in [6.07, 6.45) is 0.0434. The summed E-state index contributed by atoms with van der Waals surface area (Å²) in [6, 6.07) is 9.59. The van der Waals surface area contributed by atoms with Gasteiger partial charge in [0.05, 0.1) is 17.1 Å². The van der Waals surface area contributed by atoms with Crippen molar-refractivity contribution in [3.8, 4) is 22.0 Å². The lowest BCUT2D eigenvalue weighted by molar-refractivity contribution is -0.116. The first kappa shape index (κ1) is 18.3. The molecule has 4 aromatic rings. The molecule has 0 radical (unpaired) electrons. The van der Waals surface area contributed by atoms with E-state index >= 15 is 0 Å². The molecule has 0 bridgehead atoms. The molecule has 0 fully saturated rings. The maximum atomic E-state index is 13.0.